The molecule has 1 aliphatic rings. The molecule has 1 aliphatic carbocycles. The second-order valence-corrected chi connectivity index (χ2v) is 5.71. The van der Waals surface area contributed by atoms with Gasteiger partial charge in [-0.2, -0.15) is 0 Å². The van der Waals surface area contributed by atoms with Gasteiger partial charge in [0.05, 0.1) is 6.61 Å². The second-order valence-electron chi connectivity index (χ2n) is 4.38. The van der Waals surface area contributed by atoms with Crippen molar-refractivity contribution in [2.75, 3.05) is 12.4 Å². The first-order chi connectivity index (χ1) is 7.23. The molecule has 82 valence electrons. The van der Waals surface area contributed by atoms with E-state index in [9.17, 15) is 5.11 Å². The predicted octanol–water partition coefficient (Wildman–Crippen LogP) is 3.07. The minimum atomic E-state index is 0.0788. The lowest BCUT2D eigenvalue weighted by Crippen LogP contribution is -2.14. The molecule has 0 amide bonds. The maximum Gasteiger partial charge on any atom is 0.0530 e. The first-order valence-electron chi connectivity index (χ1n) is 5.57. The predicted molar refractivity (Wildman–Crippen MR) is 65.4 cm³/mol. The van der Waals surface area contributed by atoms with Gasteiger partial charge in [0.2, 0.25) is 0 Å². The van der Waals surface area contributed by atoms with Crippen molar-refractivity contribution in [1.29, 1.82) is 0 Å². The number of benzene rings is 1. The van der Waals surface area contributed by atoms with E-state index in [1.165, 1.54) is 10.5 Å². The summed E-state index contributed by atoms with van der Waals surface area (Å²) >= 11 is 1.86. The van der Waals surface area contributed by atoms with Gasteiger partial charge in [0, 0.05) is 10.3 Å². The number of hydrogen-bond acceptors (Lipinski definition) is 2. The summed E-state index contributed by atoms with van der Waals surface area (Å²) in [6, 6.07) is 8.70. The summed E-state index contributed by atoms with van der Waals surface area (Å²) in [6.45, 7) is 4.66. The number of hydrogen-bond donors (Lipinski definition) is 1. The summed E-state index contributed by atoms with van der Waals surface area (Å²) in [6.07, 6.45) is 1.13. The molecule has 0 aromatic heterocycles. The van der Waals surface area contributed by atoms with Crippen LogP contribution in [0.5, 0.6) is 0 Å². The molecular formula is C13H18OS. The van der Waals surface area contributed by atoms with Crippen molar-refractivity contribution in [3.63, 3.8) is 0 Å². The normalized spacial score (nSPS) is 29.1. The Morgan fingerprint density at radius 3 is 2.40 bits per heavy atom. The van der Waals surface area contributed by atoms with Crippen LogP contribution in [0.1, 0.15) is 25.8 Å². The molecule has 2 heteroatoms. The Kier molecular flexibility index (Phi) is 3.08. The molecule has 1 aromatic carbocycles. The van der Waals surface area contributed by atoms with Gasteiger partial charge in [-0.25, -0.2) is 0 Å². The van der Waals surface area contributed by atoms with E-state index < -0.39 is 0 Å². The zero-order valence-corrected chi connectivity index (χ0v) is 10.2. The van der Waals surface area contributed by atoms with Crippen molar-refractivity contribution < 1.29 is 5.11 Å². The first kappa shape index (κ1) is 11.0. The van der Waals surface area contributed by atoms with Crippen LogP contribution < -0.4 is 0 Å². The van der Waals surface area contributed by atoms with Crippen molar-refractivity contribution in [3.8, 4) is 0 Å². The van der Waals surface area contributed by atoms with Crippen LogP contribution >= 0.6 is 11.8 Å². The van der Waals surface area contributed by atoms with E-state index in [4.69, 9.17) is 0 Å². The van der Waals surface area contributed by atoms with Crippen LogP contribution in [-0.2, 0) is 5.41 Å². The summed E-state index contributed by atoms with van der Waals surface area (Å²) in [4.78, 5) is 1.32. The lowest BCUT2D eigenvalue weighted by Gasteiger charge is -2.14. The van der Waals surface area contributed by atoms with E-state index in [0.29, 0.717) is 5.92 Å². The summed E-state index contributed by atoms with van der Waals surface area (Å²) < 4.78 is 0. The zero-order chi connectivity index (χ0) is 10.9. The van der Waals surface area contributed by atoms with E-state index in [1.54, 1.807) is 0 Å². The molecule has 2 atom stereocenters. The highest BCUT2D eigenvalue weighted by Crippen LogP contribution is 2.53. The second kappa shape index (κ2) is 4.18. The number of aliphatic hydroxyl groups excluding tert-OH is 1. The molecule has 0 aliphatic heterocycles. The van der Waals surface area contributed by atoms with Crippen LogP contribution in [0.3, 0.4) is 0 Å². The highest BCUT2D eigenvalue weighted by Gasteiger charge is 2.51. The molecule has 0 heterocycles. The molecule has 2 unspecified atom stereocenters. The van der Waals surface area contributed by atoms with Crippen LogP contribution in [-0.4, -0.2) is 17.5 Å². The van der Waals surface area contributed by atoms with Gasteiger partial charge in [-0.1, -0.05) is 26.0 Å². The Bertz CT molecular complexity index is 329. The highest BCUT2D eigenvalue weighted by atomic mass is 32.2. The molecule has 0 bridgehead atoms. The molecule has 15 heavy (non-hydrogen) atoms. The topological polar surface area (TPSA) is 20.2 Å². The summed E-state index contributed by atoms with van der Waals surface area (Å²) in [5.41, 5.74) is 1.38. The van der Waals surface area contributed by atoms with E-state index in [2.05, 4.69) is 38.1 Å². The molecule has 0 saturated heterocycles. The van der Waals surface area contributed by atoms with Crippen molar-refractivity contribution in [3.05, 3.63) is 29.8 Å². The molecule has 0 radical (unpaired) electrons. The average Bonchev–Trinajstić information content (AvgIpc) is 2.92. The maximum atomic E-state index is 9.45. The molecule has 0 spiro atoms. The van der Waals surface area contributed by atoms with Gasteiger partial charge in [-0.3, -0.25) is 0 Å². The van der Waals surface area contributed by atoms with Gasteiger partial charge < -0.3 is 5.11 Å². The van der Waals surface area contributed by atoms with Crippen LogP contribution in [0, 0.1) is 5.92 Å². The molecule has 2 rings (SSSR count). The van der Waals surface area contributed by atoms with Crippen LogP contribution in [0.2, 0.25) is 0 Å². The summed E-state index contributed by atoms with van der Waals surface area (Å²) in [5, 5.41) is 9.45. The van der Waals surface area contributed by atoms with Crippen LogP contribution in [0.4, 0.5) is 0 Å². The molecule has 1 nitrogen and oxygen atoms in total. The minimum absolute atomic E-state index is 0.0788. The smallest absolute Gasteiger partial charge is 0.0530 e. The summed E-state index contributed by atoms with van der Waals surface area (Å²) in [7, 11) is 0. The molecule has 1 saturated carbocycles. The van der Waals surface area contributed by atoms with Gasteiger partial charge in [-0.15, -0.1) is 11.8 Å². The monoisotopic (exact) mass is 222 g/mol. The lowest BCUT2D eigenvalue weighted by atomic mass is 9.95. The Hall–Kier alpha value is -0.470. The molecule has 1 fully saturated rings. The maximum absolute atomic E-state index is 9.45. The molecule has 1 aromatic rings. The van der Waals surface area contributed by atoms with Gasteiger partial charge in [-0.05, 0) is 35.8 Å². The lowest BCUT2D eigenvalue weighted by molar-refractivity contribution is 0.247. The van der Waals surface area contributed by atoms with Crippen molar-refractivity contribution in [2.45, 2.75) is 30.6 Å². The molecule has 1 N–H and O–H groups in total. The van der Waals surface area contributed by atoms with Crippen molar-refractivity contribution in [2.24, 2.45) is 5.92 Å². The SMILES string of the molecule is CCSc1ccc(C2(CO)CC2C)cc1. The standard InChI is InChI=1S/C13H18OS/c1-3-15-12-6-4-11(5-7-12)13(9-14)8-10(13)2/h4-7,10,14H,3,8-9H2,1-2H3. The Labute approximate surface area is 95.9 Å². The Morgan fingerprint density at radius 2 is 2.00 bits per heavy atom. The molecular weight excluding hydrogens is 204 g/mol. The average molecular weight is 222 g/mol. The van der Waals surface area contributed by atoms with E-state index in [1.807, 2.05) is 11.8 Å². The van der Waals surface area contributed by atoms with Crippen LogP contribution in [0.25, 0.3) is 0 Å². The largest absolute Gasteiger partial charge is 0.395 e. The third kappa shape index (κ3) is 1.93. The number of thioether (sulfide) groups is 1. The fourth-order valence-electron chi connectivity index (χ4n) is 2.25. The van der Waals surface area contributed by atoms with Gasteiger partial charge in [0.1, 0.15) is 0 Å². The minimum Gasteiger partial charge on any atom is -0.395 e. The number of rotatable bonds is 4. The van der Waals surface area contributed by atoms with E-state index in [-0.39, 0.29) is 12.0 Å². The summed E-state index contributed by atoms with van der Waals surface area (Å²) in [5.74, 6) is 1.74. The third-order valence-electron chi connectivity index (χ3n) is 3.48. The fourth-order valence-corrected chi connectivity index (χ4v) is 2.91. The van der Waals surface area contributed by atoms with Crippen LogP contribution in [0.15, 0.2) is 29.2 Å². The van der Waals surface area contributed by atoms with E-state index in [0.717, 1.165) is 12.2 Å². The fraction of sp³-hybridized carbons (Fsp3) is 0.538. The van der Waals surface area contributed by atoms with Crippen molar-refractivity contribution >= 4 is 11.8 Å². The van der Waals surface area contributed by atoms with Gasteiger partial charge in [0.25, 0.3) is 0 Å². The van der Waals surface area contributed by atoms with E-state index >= 15 is 0 Å². The quantitative estimate of drug-likeness (QED) is 0.790. The van der Waals surface area contributed by atoms with Gasteiger partial charge in [0.15, 0.2) is 0 Å². The first-order valence-corrected chi connectivity index (χ1v) is 6.55. The Balaban J connectivity index is 2.17. The van der Waals surface area contributed by atoms with Crippen molar-refractivity contribution in [1.82, 2.24) is 0 Å². The Morgan fingerprint density at radius 1 is 1.40 bits per heavy atom. The zero-order valence-electron chi connectivity index (χ0n) is 9.36. The third-order valence-corrected chi connectivity index (χ3v) is 4.37. The number of aliphatic hydroxyl groups is 1. The van der Waals surface area contributed by atoms with Gasteiger partial charge >= 0.3 is 0 Å². The highest BCUT2D eigenvalue weighted by molar-refractivity contribution is 7.99.